The lowest BCUT2D eigenvalue weighted by Gasteiger charge is -2.35. The number of carbonyl (C=O) groups excluding carboxylic acids is 1. The third-order valence-electron chi connectivity index (χ3n) is 5.74. The lowest BCUT2D eigenvalue weighted by atomic mass is 10.0. The molecule has 0 atom stereocenters. The molecule has 0 unspecified atom stereocenters. The summed E-state index contributed by atoms with van der Waals surface area (Å²) >= 11 is 0. The number of non-ortho nitro benzene ring substituents is 1. The number of rotatable bonds is 6. The first-order valence-corrected chi connectivity index (χ1v) is 10.9. The quantitative estimate of drug-likeness (QED) is 0.358. The molecule has 1 fully saturated rings. The van der Waals surface area contributed by atoms with E-state index in [4.69, 9.17) is 0 Å². The number of nitro groups is 1. The maximum absolute atomic E-state index is 13.1. The Hall–Kier alpha value is -3.92. The van der Waals surface area contributed by atoms with Crippen molar-refractivity contribution in [3.63, 3.8) is 0 Å². The van der Waals surface area contributed by atoms with Gasteiger partial charge in [-0.3, -0.25) is 19.8 Å². The molecule has 35 heavy (non-hydrogen) atoms. The van der Waals surface area contributed by atoms with E-state index >= 15 is 0 Å². The van der Waals surface area contributed by atoms with Crippen LogP contribution in [0.25, 0.3) is 11.1 Å². The van der Waals surface area contributed by atoms with Crippen LogP contribution in [-0.2, 0) is 6.54 Å². The topological polar surface area (TPSA) is 75.9 Å². The summed E-state index contributed by atoms with van der Waals surface area (Å²) in [5, 5.41) is 10.9. The smallest absolute Gasteiger partial charge is 0.406 e. The third kappa shape index (κ3) is 6.36. The Morgan fingerprint density at radius 1 is 0.914 bits per heavy atom. The van der Waals surface area contributed by atoms with E-state index in [0.717, 1.165) is 16.7 Å². The van der Waals surface area contributed by atoms with E-state index in [0.29, 0.717) is 38.3 Å². The molecule has 10 heteroatoms. The molecular weight excluding hydrogens is 463 g/mol. The predicted octanol–water partition coefficient (Wildman–Crippen LogP) is 5.12. The van der Waals surface area contributed by atoms with Crippen LogP contribution in [0.15, 0.2) is 72.8 Å². The van der Waals surface area contributed by atoms with Crippen LogP contribution in [0.1, 0.15) is 15.9 Å². The van der Waals surface area contributed by atoms with Gasteiger partial charge in [-0.1, -0.05) is 24.3 Å². The number of amides is 1. The molecule has 1 amide bonds. The highest BCUT2D eigenvalue weighted by Gasteiger charge is 2.31. The number of nitro benzene ring substituents is 1. The highest BCUT2D eigenvalue weighted by molar-refractivity contribution is 5.95. The van der Waals surface area contributed by atoms with Crippen LogP contribution in [0.2, 0.25) is 0 Å². The van der Waals surface area contributed by atoms with Crippen molar-refractivity contribution >= 4 is 11.6 Å². The number of hydrogen-bond acceptors (Lipinski definition) is 5. The van der Waals surface area contributed by atoms with Gasteiger partial charge in [0, 0.05) is 50.4 Å². The molecule has 1 aliphatic heterocycles. The van der Waals surface area contributed by atoms with E-state index in [-0.39, 0.29) is 17.3 Å². The van der Waals surface area contributed by atoms with E-state index in [1.54, 1.807) is 47.4 Å². The minimum absolute atomic E-state index is 0.00411. The second-order valence-electron chi connectivity index (χ2n) is 8.14. The van der Waals surface area contributed by atoms with Crippen LogP contribution in [0.4, 0.5) is 18.9 Å². The summed E-state index contributed by atoms with van der Waals surface area (Å²) in [4.78, 5) is 27.4. The molecular formula is C25H22F3N3O4. The predicted molar refractivity (Wildman–Crippen MR) is 123 cm³/mol. The number of piperazine rings is 1. The molecule has 3 aromatic carbocycles. The third-order valence-corrected chi connectivity index (χ3v) is 5.74. The fraction of sp³-hybridized carbons (Fsp3) is 0.240. The Morgan fingerprint density at radius 3 is 2.17 bits per heavy atom. The molecule has 0 aliphatic carbocycles. The molecule has 0 spiro atoms. The summed E-state index contributed by atoms with van der Waals surface area (Å²) in [6, 6.07) is 19.1. The van der Waals surface area contributed by atoms with Gasteiger partial charge < -0.3 is 9.64 Å². The maximum Gasteiger partial charge on any atom is 0.573 e. The van der Waals surface area contributed by atoms with E-state index in [2.05, 4.69) is 9.64 Å². The number of carbonyl (C=O) groups is 1. The van der Waals surface area contributed by atoms with E-state index in [1.807, 2.05) is 6.07 Å². The Balaban J connectivity index is 1.33. The first-order valence-electron chi connectivity index (χ1n) is 10.9. The van der Waals surface area contributed by atoms with E-state index in [9.17, 15) is 28.1 Å². The number of alkyl halides is 3. The Morgan fingerprint density at radius 2 is 1.57 bits per heavy atom. The number of nitrogens with zero attached hydrogens (tertiary/aromatic N) is 3. The molecule has 3 aromatic rings. The Bertz CT molecular complexity index is 1190. The molecule has 1 heterocycles. The zero-order chi connectivity index (χ0) is 25.0. The van der Waals surface area contributed by atoms with Crippen LogP contribution in [-0.4, -0.2) is 53.2 Å². The Labute approximate surface area is 199 Å². The molecule has 0 saturated carbocycles. The van der Waals surface area contributed by atoms with Gasteiger partial charge in [0.2, 0.25) is 0 Å². The van der Waals surface area contributed by atoms with Crippen molar-refractivity contribution in [1.29, 1.82) is 0 Å². The molecule has 182 valence electrons. The fourth-order valence-corrected chi connectivity index (χ4v) is 3.95. The van der Waals surface area contributed by atoms with Crippen LogP contribution < -0.4 is 4.74 Å². The molecule has 0 radical (unpaired) electrons. The largest absolute Gasteiger partial charge is 0.573 e. The van der Waals surface area contributed by atoms with Crippen molar-refractivity contribution in [2.45, 2.75) is 12.9 Å². The first-order chi connectivity index (χ1) is 16.7. The van der Waals surface area contributed by atoms with Crippen LogP contribution in [0.5, 0.6) is 5.75 Å². The molecule has 1 aliphatic rings. The highest BCUT2D eigenvalue weighted by atomic mass is 19.4. The van der Waals surface area contributed by atoms with E-state index in [1.165, 1.54) is 24.3 Å². The molecule has 7 nitrogen and oxygen atoms in total. The van der Waals surface area contributed by atoms with Crippen molar-refractivity contribution in [2.24, 2.45) is 0 Å². The van der Waals surface area contributed by atoms with Gasteiger partial charge in [-0.15, -0.1) is 13.2 Å². The summed E-state index contributed by atoms with van der Waals surface area (Å²) in [5.74, 6) is -0.352. The lowest BCUT2D eigenvalue weighted by Crippen LogP contribution is -2.48. The minimum Gasteiger partial charge on any atom is -0.406 e. The SMILES string of the molecule is O=C(c1cccc(-c2ccc([N+](=O)[O-])cc2)c1)N1CCN(Cc2ccc(OC(F)(F)F)cc2)CC1. The summed E-state index contributed by atoms with van der Waals surface area (Å²) in [5.41, 5.74) is 2.97. The van der Waals surface area contributed by atoms with Crippen molar-refractivity contribution in [2.75, 3.05) is 26.2 Å². The number of hydrogen-bond donors (Lipinski definition) is 0. The lowest BCUT2D eigenvalue weighted by molar-refractivity contribution is -0.384. The zero-order valence-corrected chi connectivity index (χ0v) is 18.6. The molecule has 1 saturated heterocycles. The maximum atomic E-state index is 13.1. The number of benzene rings is 3. The number of halogens is 3. The van der Waals surface area contributed by atoms with Crippen LogP contribution >= 0.6 is 0 Å². The fourth-order valence-electron chi connectivity index (χ4n) is 3.95. The number of ether oxygens (including phenoxy) is 1. The van der Waals surface area contributed by atoms with E-state index < -0.39 is 11.3 Å². The molecule has 4 rings (SSSR count). The monoisotopic (exact) mass is 485 g/mol. The minimum atomic E-state index is -4.72. The van der Waals surface area contributed by atoms with Crippen molar-refractivity contribution < 1.29 is 27.6 Å². The van der Waals surface area contributed by atoms with Gasteiger partial charge in [0.25, 0.3) is 11.6 Å². The van der Waals surface area contributed by atoms with Gasteiger partial charge >= 0.3 is 6.36 Å². The normalized spacial score (nSPS) is 14.5. The van der Waals surface area contributed by atoms with Gasteiger partial charge in [-0.2, -0.15) is 0 Å². The van der Waals surface area contributed by atoms with Crippen molar-refractivity contribution in [3.05, 3.63) is 94.0 Å². The molecule has 0 aromatic heterocycles. The van der Waals surface area contributed by atoms with Crippen molar-refractivity contribution in [1.82, 2.24) is 9.80 Å². The standard InChI is InChI=1S/C25H22F3N3O4/c26-25(27,28)35-23-10-4-18(5-11-23)17-29-12-14-30(15-13-29)24(32)21-3-1-2-20(16-21)19-6-8-22(9-7-19)31(33)34/h1-11,16H,12-15,17H2. The first kappa shape index (κ1) is 24.2. The average molecular weight is 485 g/mol. The second kappa shape index (κ2) is 10.1. The zero-order valence-electron chi connectivity index (χ0n) is 18.6. The van der Waals surface area contributed by atoms with Gasteiger partial charge in [0.15, 0.2) is 0 Å². The van der Waals surface area contributed by atoms with Gasteiger partial charge in [-0.05, 0) is 53.1 Å². The van der Waals surface area contributed by atoms with Crippen LogP contribution in [0.3, 0.4) is 0 Å². The summed E-state index contributed by atoms with van der Waals surface area (Å²) in [6.45, 7) is 2.87. The summed E-state index contributed by atoms with van der Waals surface area (Å²) in [7, 11) is 0. The van der Waals surface area contributed by atoms with Gasteiger partial charge in [0.1, 0.15) is 5.75 Å². The highest BCUT2D eigenvalue weighted by Crippen LogP contribution is 2.25. The second-order valence-corrected chi connectivity index (χ2v) is 8.14. The van der Waals surface area contributed by atoms with Crippen LogP contribution in [0, 0.1) is 10.1 Å². The van der Waals surface area contributed by atoms with Gasteiger partial charge in [-0.25, -0.2) is 0 Å². The Kier molecular flexibility index (Phi) is 7.02. The van der Waals surface area contributed by atoms with Crippen molar-refractivity contribution in [3.8, 4) is 16.9 Å². The average Bonchev–Trinajstić information content (AvgIpc) is 2.84. The summed E-state index contributed by atoms with van der Waals surface area (Å²) < 4.78 is 40.8. The van der Waals surface area contributed by atoms with Gasteiger partial charge in [0.05, 0.1) is 4.92 Å². The summed E-state index contributed by atoms with van der Waals surface area (Å²) in [6.07, 6.45) is -4.72. The molecule has 0 N–H and O–H groups in total. The molecule has 0 bridgehead atoms.